The number of carbonyl (C=O) groups is 1. The molecule has 24 heavy (non-hydrogen) atoms. The number of benzene rings is 1. The molecule has 1 atom stereocenters. The third kappa shape index (κ3) is 4.41. The smallest absolute Gasteiger partial charge is 0.263 e. The average Bonchev–Trinajstić information content (AvgIpc) is 2.94. The fourth-order valence-corrected chi connectivity index (χ4v) is 3.80. The average molecular weight is 345 g/mol. The van der Waals surface area contributed by atoms with Crippen molar-refractivity contribution in [2.45, 2.75) is 19.4 Å². The van der Waals surface area contributed by atoms with Gasteiger partial charge in [0.05, 0.1) is 23.4 Å². The van der Waals surface area contributed by atoms with Gasteiger partial charge in [-0.25, -0.2) is 4.98 Å². The number of thiazole rings is 1. The van der Waals surface area contributed by atoms with Gasteiger partial charge in [-0.2, -0.15) is 0 Å². The van der Waals surface area contributed by atoms with Crippen molar-refractivity contribution >= 4 is 17.2 Å². The zero-order chi connectivity index (χ0) is 16.9. The molecule has 1 saturated heterocycles. The Morgan fingerprint density at radius 3 is 2.96 bits per heavy atom. The van der Waals surface area contributed by atoms with E-state index in [4.69, 9.17) is 4.74 Å². The Balaban J connectivity index is 1.58. The Kier molecular flexibility index (Phi) is 5.60. The number of nitrogens with zero attached hydrogens (tertiary/aromatic N) is 2. The van der Waals surface area contributed by atoms with Crippen LogP contribution < -0.4 is 5.32 Å². The molecule has 6 heteroatoms. The van der Waals surface area contributed by atoms with E-state index >= 15 is 0 Å². The highest BCUT2D eigenvalue weighted by atomic mass is 32.1. The minimum Gasteiger partial charge on any atom is -0.374 e. The molecule has 5 nitrogen and oxygen atoms in total. The van der Waals surface area contributed by atoms with Crippen LogP contribution in [0.1, 0.15) is 25.9 Å². The van der Waals surface area contributed by atoms with Gasteiger partial charge in [0, 0.05) is 26.1 Å². The second-order valence-electron chi connectivity index (χ2n) is 6.15. The van der Waals surface area contributed by atoms with E-state index in [2.05, 4.69) is 34.4 Å². The number of likely N-dealkylation sites (N-methyl/N-ethyl adjacent to an activating group) is 1. The van der Waals surface area contributed by atoms with Gasteiger partial charge in [0.15, 0.2) is 0 Å². The van der Waals surface area contributed by atoms with Crippen LogP contribution in [0.4, 0.5) is 0 Å². The number of ether oxygens (including phenoxy) is 1. The molecule has 1 aliphatic rings. The highest BCUT2D eigenvalue weighted by molar-refractivity contribution is 7.13. The van der Waals surface area contributed by atoms with E-state index < -0.39 is 0 Å². The number of amides is 1. The maximum Gasteiger partial charge on any atom is 0.263 e. The summed E-state index contributed by atoms with van der Waals surface area (Å²) in [5, 5.41) is 3.96. The molecule has 2 heterocycles. The van der Waals surface area contributed by atoms with Crippen LogP contribution in [0, 0.1) is 6.92 Å². The van der Waals surface area contributed by atoms with Gasteiger partial charge in [0.25, 0.3) is 5.91 Å². The summed E-state index contributed by atoms with van der Waals surface area (Å²) in [6.07, 6.45) is 0.820. The second kappa shape index (κ2) is 7.88. The normalized spacial score (nSPS) is 18.5. The van der Waals surface area contributed by atoms with Crippen molar-refractivity contribution < 1.29 is 9.53 Å². The molecule has 0 saturated carbocycles. The first-order chi connectivity index (χ1) is 11.6. The number of nitrogens with one attached hydrogen (secondary N) is 1. The van der Waals surface area contributed by atoms with Gasteiger partial charge >= 0.3 is 0 Å². The van der Waals surface area contributed by atoms with E-state index in [1.165, 1.54) is 16.9 Å². The highest BCUT2D eigenvalue weighted by Gasteiger charge is 2.20. The summed E-state index contributed by atoms with van der Waals surface area (Å²) in [5.41, 5.74) is 2.00. The first-order valence-corrected chi connectivity index (χ1v) is 9.02. The molecule has 1 aliphatic heterocycles. The molecule has 1 fully saturated rings. The molecule has 0 unspecified atom stereocenters. The van der Waals surface area contributed by atoms with E-state index in [1.807, 2.05) is 25.1 Å². The van der Waals surface area contributed by atoms with Gasteiger partial charge in [-0.15, -0.1) is 11.3 Å². The molecule has 128 valence electrons. The van der Waals surface area contributed by atoms with Gasteiger partial charge in [0.2, 0.25) is 0 Å². The summed E-state index contributed by atoms with van der Waals surface area (Å²) in [6.45, 7) is 4.94. The maximum absolute atomic E-state index is 12.4. The number of morpholine rings is 1. The van der Waals surface area contributed by atoms with Crippen molar-refractivity contribution in [1.29, 1.82) is 0 Å². The topological polar surface area (TPSA) is 54.5 Å². The Hall–Kier alpha value is -1.76. The molecule has 1 amide bonds. The van der Waals surface area contributed by atoms with Gasteiger partial charge < -0.3 is 15.0 Å². The van der Waals surface area contributed by atoms with Gasteiger partial charge in [-0.05, 0) is 19.5 Å². The summed E-state index contributed by atoms with van der Waals surface area (Å²) in [4.78, 5) is 19.9. The zero-order valence-corrected chi connectivity index (χ0v) is 14.9. The molecular weight excluding hydrogens is 322 g/mol. The SMILES string of the molecule is Cc1nc(Cc2ccccc2)sc1C(=O)NC[C@@H]1CN(C)CCO1. The lowest BCUT2D eigenvalue weighted by atomic mass is 10.2. The third-order valence-corrected chi connectivity index (χ3v) is 5.23. The number of hydrogen-bond acceptors (Lipinski definition) is 5. The van der Waals surface area contributed by atoms with Crippen molar-refractivity contribution in [3.8, 4) is 0 Å². The molecule has 2 aromatic rings. The number of aryl methyl sites for hydroxylation is 1. The van der Waals surface area contributed by atoms with E-state index in [1.54, 1.807) is 0 Å². The van der Waals surface area contributed by atoms with Crippen LogP contribution in [0.25, 0.3) is 0 Å². The van der Waals surface area contributed by atoms with Crippen molar-refractivity contribution in [2.75, 3.05) is 33.3 Å². The van der Waals surface area contributed by atoms with Crippen LogP contribution >= 0.6 is 11.3 Å². The van der Waals surface area contributed by atoms with Crippen molar-refractivity contribution in [2.24, 2.45) is 0 Å². The van der Waals surface area contributed by atoms with Crippen molar-refractivity contribution in [3.63, 3.8) is 0 Å². The van der Waals surface area contributed by atoms with Crippen LogP contribution in [-0.2, 0) is 11.2 Å². The Morgan fingerprint density at radius 1 is 1.42 bits per heavy atom. The molecule has 0 aliphatic carbocycles. The number of aromatic nitrogens is 1. The first kappa shape index (κ1) is 17.1. The zero-order valence-electron chi connectivity index (χ0n) is 14.1. The summed E-state index contributed by atoms with van der Waals surface area (Å²) in [7, 11) is 2.07. The van der Waals surface area contributed by atoms with Crippen molar-refractivity contribution in [1.82, 2.24) is 15.2 Å². The van der Waals surface area contributed by atoms with Gasteiger partial charge in [-0.3, -0.25) is 4.79 Å². The van der Waals surface area contributed by atoms with E-state index in [0.717, 1.165) is 36.8 Å². The van der Waals surface area contributed by atoms with Crippen LogP contribution in [0.2, 0.25) is 0 Å². The van der Waals surface area contributed by atoms with Crippen LogP contribution in [0.5, 0.6) is 0 Å². The number of carbonyl (C=O) groups excluding carboxylic acids is 1. The van der Waals surface area contributed by atoms with Gasteiger partial charge in [0.1, 0.15) is 4.88 Å². The van der Waals surface area contributed by atoms with E-state index in [0.29, 0.717) is 11.4 Å². The molecule has 1 N–H and O–H groups in total. The lowest BCUT2D eigenvalue weighted by molar-refractivity contribution is -0.0174. The van der Waals surface area contributed by atoms with Crippen LogP contribution in [-0.4, -0.2) is 55.2 Å². The monoisotopic (exact) mass is 345 g/mol. The molecule has 3 rings (SSSR count). The largest absolute Gasteiger partial charge is 0.374 e. The van der Waals surface area contributed by atoms with E-state index in [-0.39, 0.29) is 12.0 Å². The van der Waals surface area contributed by atoms with Crippen LogP contribution in [0.3, 0.4) is 0 Å². The first-order valence-electron chi connectivity index (χ1n) is 8.20. The van der Waals surface area contributed by atoms with Crippen LogP contribution in [0.15, 0.2) is 30.3 Å². The Morgan fingerprint density at radius 2 is 2.21 bits per heavy atom. The van der Waals surface area contributed by atoms with E-state index in [9.17, 15) is 4.79 Å². The third-order valence-electron chi connectivity index (χ3n) is 4.08. The molecule has 0 radical (unpaired) electrons. The molecule has 0 spiro atoms. The summed E-state index contributed by atoms with van der Waals surface area (Å²) in [5.74, 6) is -0.0545. The summed E-state index contributed by atoms with van der Waals surface area (Å²) < 4.78 is 5.68. The molecule has 0 bridgehead atoms. The number of rotatable bonds is 5. The molecular formula is C18H23N3O2S. The fourth-order valence-electron chi connectivity index (χ4n) is 2.79. The minimum atomic E-state index is -0.0545. The second-order valence-corrected chi connectivity index (χ2v) is 7.23. The lowest BCUT2D eigenvalue weighted by Crippen LogP contribution is -2.45. The highest BCUT2D eigenvalue weighted by Crippen LogP contribution is 2.21. The maximum atomic E-state index is 12.4. The predicted octanol–water partition coefficient (Wildman–Crippen LogP) is 2.10. The quantitative estimate of drug-likeness (QED) is 0.902. The lowest BCUT2D eigenvalue weighted by Gasteiger charge is -2.30. The Bertz CT molecular complexity index is 687. The fraction of sp³-hybridized carbons (Fsp3) is 0.444. The van der Waals surface area contributed by atoms with Gasteiger partial charge in [-0.1, -0.05) is 30.3 Å². The summed E-state index contributed by atoms with van der Waals surface area (Å²) in [6, 6.07) is 10.2. The standard InChI is InChI=1S/C18H23N3O2S/c1-13-17(18(22)19-11-15-12-21(2)8-9-23-15)24-16(20-13)10-14-6-4-3-5-7-14/h3-7,15H,8-12H2,1-2H3,(H,19,22)/t15-/m1/s1. The molecule has 1 aromatic carbocycles. The van der Waals surface area contributed by atoms with Crippen molar-refractivity contribution in [3.05, 3.63) is 51.5 Å². The Labute approximate surface area is 146 Å². The minimum absolute atomic E-state index is 0.0545. The summed E-state index contributed by atoms with van der Waals surface area (Å²) >= 11 is 1.48. The molecule has 1 aromatic heterocycles. The predicted molar refractivity (Wildman–Crippen MR) is 95.7 cm³/mol. The number of hydrogen-bond donors (Lipinski definition) is 1.